The molecule has 242 valence electrons. The highest BCUT2D eigenvalue weighted by Gasteiger charge is 2.39. The van der Waals surface area contributed by atoms with Crippen LogP contribution in [0.2, 0.25) is 0 Å². The van der Waals surface area contributed by atoms with E-state index in [1.807, 2.05) is 6.07 Å². The van der Waals surface area contributed by atoms with Gasteiger partial charge in [0.1, 0.15) is 12.2 Å². The Morgan fingerprint density at radius 1 is 1.18 bits per heavy atom. The number of unbranched alkanes of at least 4 members (excludes halogenated alkanes) is 1. The SMILES string of the molecule is CCCCC1CCN1c1cc(CC)nc2c1CCC(c1c(C(C)CC)ccc(N)c1C#N)C2.CCN1CC(F)CC1(C)CC. The third kappa shape index (κ3) is 7.09. The van der Waals surface area contributed by atoms with Gasteiger partial charge in [-0.25, -0.2) is 4.39 Å². The summed E-state index contributed by atoms with van der Waals surface area (Å²) in [4.78, 5) is 10.0. The van der Waals surface area contributed by atoms with Crippen LogP contribution in [-0.2, 0) is 19.3 Å². The first kappa shape index (κ1) is 34.2. The summed E-state index contributed by atoms with van der Waals surface area (Å²) >= 11 is 0. The minimum Gasteiger partial charge on any atom is -0.398 e. The summed E-state index contributed by atoms with van der Waals surface area (Å²) in [5.74, 6) is 0.722. The first-order valence-electron chi connectivity index (χ1n) is 17.6. The molecule has 44 heavy (non-hydrogen) atoms. The average Bonchev–Trinajstić information content (AvgIpc) is 3.33. The van der Waals surface area contributed by atoms with Crippen LogP contribution in [0.1, 0.15) is 145 Å². The Hall–Kier alpha value is -2.65. The maximum atomic E-state index is 13.0. The Morgan fingerprint density at radius 2 is 1.95 bits per heavy atom. The van der Waals surface area contributed by atoms with Crippen molar-refractivity contribution in [2.24, 2.45) is 0 Å². The van der Waals surface area contributed by atoms with Gasteiger partial charge in [-0.05, 0) is 112 Å². The van der Waals surface area contributed by atoms with E-state index >= 15 is 0 Å². The second-order valence-electron chi connectivity index (χ2n) is 13.8. The van der Waals surface area contributed by atoms with Gasteiger partial charge >= 0.3 is 0 Å². The maximum Gasteiger partial charge on any atom is 0.115 e. The summed E-state index contributed by atoms with van der Waals surface area (Å²) in [6.45, 7) is 18.2. The average molecular weight is 604 g/mol. The number of aryl methyl sites for hydroxylation is 1. The number of pyridine rings is 1. The molecule has 3 aliphatic rings. The molecule has 2 aliphatic heterocycles. The summed E-state index contributed by atoms with van der Waals surface area (Å²) in [6, 6.07) is 9.59. The first-order valence-corrected chi connectivity index (χ1v) is 17.6. The number of nitrogens with two attached hydrogens (primary N) is 1. The normalized spacial score (nSPS) is 25.4. The van der Waals surface area contributed by atoms with Gasteiger partial charge in [-0.2, -0.15) is 5.26 Å². The molecule has 0 bridgehead atoms. The van der Waals surface area contributed by atoms with Crippen LogP contribution in [0.15, 0.2) is 18.2 Å². The number of anilines is 2. The molecule has 2 N–H and O–H groups in total. The molecule has 5 atom stereocenters. The number of nitrogen functional groups attached to an aromatic ring is 1. The van der Waals surface area contributed by atoms with Crippen LogP contribution >= 0.6 is 0 Å². The molecule has 1 aromatic carbocycles. The van der Waals surface area contributed by atoms with Gasteiger partial charge in [0.15, 0.2) is 0 Å². The lowest BCUT2D eigenvalue weighted by Crippen LogP contribution is -2.48. The lowest BCUT2D eigenvalue weighted by atomic mass is 9.75. The van der Waals surface area contributed by atoms with Gasteiger partial charge in [-0.3, -0.25) is 9.88 Å². The van der Waals surface area contributed by atoms with Crippen LogP contribution in [0.5, 0.6) is 0 Å². The Morgan fingerprint density at radius 3 is 2.52 bits per heavy atom. The molecule has 5 rings (SSSR count). The van der Waals surface area contributed by atoms with E-state index in [1.165, 1.54) is 66.0 Å². The fourth-order valence-electron chi connectivity index (χ4n) is 7.82. The summed E-state index contributed by atoms with van der Waals surface area (Å²) in [5, 5.41) is 9.99. The summed E-state index contributed by atoms with van der Waals surface area (Å²) in [7, 11) is 0. The number of rotatable bonds is 10. The van der Waals surface area contributed by atoms with Crippen molar-refractivity contribution in [1.82, 2.24) is 9.88 Å². The Balaban J connectivity index is 0.000000339. The topological polar surface area (TPSA) is 69.2 Å². The van der Waals surface area contributed by atoms with E-state index in [4.69, 9.17) is 10.7 Å². The third-order valence-corrected chi connectivity index (χ3v) is 11.1. The number of aromatic nitrogens is 1. The monoisotopic (exact) mass is 603 g/mol. The van der Waals surface area contributed by atoms with E-state index in [0.717, 1.165) is 51.5 Å². The van der Waals surface area contributed by atoms with Crippen molar-refractivity contribution in [3.63, 3.8) is 0 Å². The Bertz CT molecular complexity index is 1300. The van der Waals surface area contributed by atoms with Crippen LogP contribution < -0.4 is 10.6 Å². The number of hydrogen-bond donors (Lipinski definition) is 1. The molecule has 0 saturated carbocycles. The van der Waals surface area contributed by atoms with Crippen molar-refractivity contribution in [3.8, 4) is 6.07 Å². The quantitative estimate of drug-likeness (QED) is 0.275. The second-order valence-corrected chi connectivity index (χ2v) is 13.8. The molecule has 1 aromatic heterocycles. The Kier molecular flexibility index (Phi) is 11.7. The molecule has 3 heterocycles. The van der Waals surface area contributed by atoms with Crippen molar-refractivity contribution in [1.29, 1.82) is 5.26 Å². The number of nitriles is 1. The molecule has 2 aromatic rings. The minimum atomic E-state index is -0.597. The molecule has 6 heteroatoms. The lowest BCUT2D eigenvalue weighted by Gasteiger charge is -2.45. The van der Waals surface area contributed by atoms with Crippen molar-refractivity contribution in [2.45, 2.75) is 149 Å². The van der Waals surface area contributed by atoms with Crippen LogP contribution in [0.4, 0.5) is 15.8 Å². The van der Waals surface area contributed by atoms with Crippen molar-refractivity contribution in [3.05, 3.63) is 51.8 Å². The predicted octanol–water partition coefficient (Wildman–Crippen LogP) is 8.87. The summed E-state index contributed by atoms with van der Waals surface area (Å²) < 4.78 is 13.0. The number of alkyl halides is 1. The molecular formula is C38H58FN5. The molecule has 0 radical (unpaired) electrons. The highest BCUT2D eigenvalue weighted by atomic mass is 19.1. The molecule has 0 amide bonds. The van der Waals surface area contributed by atoms with Crippen LogP contribution in [0, 0.1) is 11.3 Å². The molecule has 2 saturated heterocycles. The van der Waals surface area contributed by atoms with Gasteiger partial charge < -0.3 is 10.6 Å². The maximum absolute atomic E-state index is 13.0. The number of nitrogens with zero attached hydrogens (tertiary/aromatic N) is 4. The van der Waals surface area contributed by atoms with E-state index in [-0.39, 0.29) is 5.54 Å². The van der Waals surface area contributed by atoms with Gasteiger partial charge in [0, 0.05) is 47.4 Å². The van der Waals surface area contributed by atoms with Gasteiger partial charge in [0.25, 0.3) is 0 Å². The van der Waals surface area contributed by atoms with Crippen molar-refractivity contribution < 1.29 is 4.39 Å². The van der Waals surface area contributed by atoms with Crippen LogP contribution in [-0.4, -0.2) is 47.3 Å². The fraction of sp³-hybridized carbons (Fsp3) is 0.684. The third-order valence-electron chi connectivity index (χ3n) is 11.1. The molecule has 1 aliphatic carbocycles. The molecule has 0 spiro atoms. The summed E-state index contributed by atoms with van der Waals surface area (Å²) in [5.41, 5.74) is 15.6. The second kappa shape index (κ2) is 15.1. The molecular weight excluding hydrogens is 545 g/mol. The first-order chi connectivity index (χ1) is 21.1. The molecule has 5 unspecified atom stereocenters. The fourth-order valence-corrected chi connectivity index (χ4v) is 7.82. The van der Waals surface area contributed by atoms with Gasteiger partial charge in [-0.15, -0.1) is 0 Å². The van der Waals surface area contributed by atoms with Gasteiger partial charge in [0.2, 0.25) is 0 Å². The highest BCUT2D eigenvalue weighted by molar-refractivity contribution is 5.64. The smallest absolute Gasteiger partial charge is 0.115 e. The largest absolute Gasteiger partial charge is 0.398 e. The van der Waals surface area contributed by atoms with Crippen molar-refractivity contribution in [2.75, 3.05) is 30.3 Å². The zero-order chi connectivity index (χ0) is 32.0. The number of fused-ring (bicyclic) bond motifs is 1. The number of hydrogen-bond acceptors (Lipinski definition) is 5. The lowest BCUT2D eigenvalue weighted by molar-refractivity contribution is 0.159. The van der Waals surface area contributed by atoms with E-state index in [1.54, 1.807) is 0 Å². The van der Waals surface area contributed by atoms with Crippen molar-refractivity contribution >= 4 is 11.4 Å². The molecule has 5 nitrogen and oxygen atoms in total. The zero-order valence-electron chi connectivity index (χ0n) is 28.7. The standard InChI is InChI=1S/C29H40N4.C9H18FN/c1-5-8-9-22-14-15-33(22)28-17-21(7-3)32-27-16-20(10-11-24(27)28)29-23(19(4)6-2)12-13-26(31)25(29)18-30;1-4-9(3)6-8(10)7-11(9)5-2/h12-13,17,19-20,22H,5-11,14-16,31H2,1-4H3;8H,4-7H2,1-3H3. The Labute approximate surface area is 267 Å². The van der Waals surface area contributed by atoms with Crippen LogP contribution in [0.3, 0.4) is 0 Å². The number of halogens is 1. The number of benzene rings is 1. The van der Waals surface area contributed by atoms with Gasteiger partial charge in [-0.1, -0.05) is 60.5 Å². The zero-order valence-corrected chi connectivity index (χ0v) is 28.7. The van der Waals surface area contributed by atoms with Gasteiger partial charge in [0.05, 0.1) is 5.56 Å². The number of likely N-dealkylation sites (tertiary alicyclic amines) is 1. The van der Waals surface area contributed by atoms with E-state index in [9.17, 15) is 9.65 Å². The summed E-state index contributed by atoms with van der Waals surface area (Å²) in [6.07, 6.45) is 11.4. The highest BCUT2D eigenvalue weighted by Crippen LogP contribution is 2.43. The molecule has 2 fully saturated rings. The van der Waals surface area contributed by atoms with E-state index in [2.05, 4.69) is 76.5 Å². The van der Waals surface area contributed by atoms with E-state index < -0.39 is 6.17 Å². The predicted molar refractivity (Wildman–Crippen MR) is 183 cm³/mol. The van der Waals surface area contributed by atoms with Crippen LogP contribution in [0.25, 0.3) is 0 Å². The van der Waals surface area contributed by atoms with E-state index in [0.29, 0.717) is 35.7 Å². The minimum absolute atomic E-state index is 0.133.